The van der Waals surface area contributed by atoms with Gasteiger partial charge in [-0.3, -0.25) is 9.59 Å². The van der Waals surface area contributed by atoms with Gasteiger partial charge in [0.05, 0.1) is 0 Å². The molecular weight excluding hydrogens is 254 g/mol. The Morgan fingerprint density at radius 2 is 1.85 bits per heavy atom. The fraction of sp³-hybridized carbons (Fsp3) is 0.875. The van der Waals surface area contributed by atoms with Crippen LogP contribution in [0.1, 0.15) is 70.5 Å². The molecule has 1 N–H and O–H groups in total. The highest BCUT2D eigenvalue weighted by Gasteiger charge is 2.08. The van der Waals surface area contributed by atoms with Gasteiger partial charge in [-0.2, -0.15) is 0 Å². The van der Waals surface area contributed by atoms with Crippen LogP contribution < -0.4 is 5.32 Å². The molecule has 4 heteroatoms. The van der Waals surface area contributed by atoms with E-state index < -0.39 is 0 Å². The number of methoxy groups -OCH3 is 1. The van der Waals surface area contributed by atoms with Gasteiger partial charge in [0.25, 0.3) is 0 Å². The number of carbonyl (C=O) groups excluding carboxylic acids is 2. The molecule has 0 aliphatic carbocycles. The number of Topliss-reactive ketones (excluding diaryl/α,β-unsaturated/α-hetero) is 1. The summed E-state index contributed by atoms with van der Waals surface area (Å²) in [5, 5.41) is 2.90. The SMILES string of the molecule is COCCCCCCNC(=O)CCCC(=O)C(C)C.[3H]C.[3H][3H]. The first kappa shape index (κ1) is 17.2. The molecule has 0 aliphatic heterocycles. The zero-order chi connectivity index (χ0) is 18.5. The van der Waals surface area contributed by atoms with Gasteiger partial charge in [-0.15, -0.1) is 0 Å². The minimum Gasteiger partial charge on any atom is -0.385 e. The zero-order valence-corrected chi connectivity index (χ0v) is 13.7. The molecule has 122 valence electrons. The predicted molar refractivity (Wildman–Crippen MR) is 85.9 cm³/mol. The highest BCUT2D eigenvalue weighted by atomic mass is 16.5. The van der Waals surface area contributed by atoms with Crippen molar-refractivity contribution in [1.29, 1.82) is 0 Å². The summed E-state index contributed by atoms with van der Waals surface area (Å²) >= 11 is 0. The van der Waals surface area contributed by atoms with Crippen molar-refractivity contribution >= 4 is 11.7 Å². The van der Waals surface area contributed by atoms with Crippen LogP contribution in [0.15, 0.2) is 0 Å². The topological polar surface area (TPSA) is 55.4 Å². The van der Waals surface area contributed by atoms with Crippen LogP contribution in [0.3, 0.4) is 0 Å². The van der Waals surface area contributed by atoms with Crippen molar-refractivity contribution in [3.8, 4) is 0 Å². The van der Waals surface area contributed by atoms with E-state index in [1.165, 1.54) is 7.40 Å². The van der Waals surface area contributed by atoms with Gasteiger partial charge in [-0.1, -0.05) is 34.1 Å². The Labute approximate surface area is 129 Å². The first-order valence-corrected chi connectivity index (χ1v) is 7.36. The highest BCUT2D eigenvalue weighted by Crippen LogP contribution is 2.04. The molecule has 20 heavy (non-hydrogen) atoms. The number of amides is 1. The van der Waals surface area contributed by atoms with Crippen LogP contribution in [0.25, 0.3) is 0 Å². The number of hydrogen-bond donors (Lipinski definition) is 1. The second-order valence-electron chi connectivity index (χ2n) is 5.23. The van der Waals surface area contributed by atoms with Crippen LogP contribution in [-0.4, -0.2) is 32.0 Å². The van der Waals surface area contributed by atoms with E-state index in [1.807, 2.05) is 13.8 Å². The number of nitrogens with one attached hydrogen (secondary N) is 1. The van der Waals surface area contributed by atoms with E-state index in [4.69, 9.17) is 9.08 Å². The molecule has 0 aromatic carbocycles. The maximum absolute atomic E-state index is 11.5. The van der Waals surface area contributed by atoms with Crippen molar-refractivity contribution in [2.45, 2.75) is 66.2 Å². The molecule has 4 nitrogen and oxygen atoms in total. The monoisotopic (exact) mass is 295 g/mol. The summed E-state index contributed by atoms with van der Waals surface area (Å²) in [5.74, 6) is 0.384. The third-order valence-electron chi connectivity index (χ3n) is 3.07. The van der Waals surface area contributed by atoms with Crippen LogP contribution in [-0.2, 0) is 14.3 Å². The Hall–Kier alpha value is -0.900. The third-order valence-corrected chi connectivity index (χ3v) is 3.07. The maximum Gasteiger partial charge on any atom is 0.220 e. The molecule has 0 rings (SSSR count). The fourth-order valence-electron chi connectivity index (χ4n) is 1.75. The van der Waals surface area contributed by atoms with Crippen molar-refractivity contribution in [3.63, 3.8) is 0 Å². The number of carbonyl (C=O) groups is 2. The van der Waals surface area contributed by atoms with Crippen molar-refractivity contribution in [2.24, 2.45) is 5.92 Å². The molecule has 1 amide bonds. The first-order valence-electron chi connectivity index (χ1n) is 9.36. The van der Waals surface area contributed by atoms with Crippen LogP contribution in [0.2, 0.25) is 0 Å². The van der Waals surface area contributed by atoms with Crippen LogP contribution in [0.4, 0.5) is 0 Å². The Bertz CT molecular complexity index is 265. The van der Waals surface area contributed by atoms with E-state index in [9.17, 15) is 9.59 Å². The fourth-order valence-corrected chi connectivity index (χ4v) is 1.75. The molecule has 0 unspecified atom stereocenters. The maximum atomic E-state index is 11.5. The van der Waals surface area contributed by atoms with Crippen molar-refractivity contribution in [1.82, 2.24) is 5.32 Å². The molecule has 0 saturated heterocycles. The second-order valence-corrected chi connectivity index (χ2v) is 5.23. The summed E-state index contributed by atoms with van der Waals surface area (Å²) in [6.45, 7) is 5.35. The molecule has 0 fully saturated rings. The molecule has 0 heterocycles. The number of ether oxygens (including phenoxy) is 1. The third kappa shape index (κ3) is 13.5. The summed E-state index contributed by atoms with van der Waals surface area (Å²) in [7, 11) is 2.96. The number of rotatable bonds is 12. The molecule has 0 aromatic heterocycles. The van der Waals surface area contributed by atoms with Gasteiger partial charge < -0.3 is 10.1 Å². The molecule has 0 aromatic rings. The predicted octanol–water partition coefficient (Wildman–Crippen LogP) is 3.59. The lowest BCUT2D eigenvalue weighted by Crippen LogP contribution is -2.24. The Morgan fingerprint density at radius 1 is 1.20 bits per heavy atom. The van der Waals surface area contributed by atoms with Gasteiger partial charge in [0.1, 0.15) is 5.78 Å². The number of hydrogen-bond acceptors (Lipinski definition) is 3. The summed E-state index contributed by atoms with van der Waals surface area (Å²) in [4.78, 5) is 22.9. The standard InChI is InChI=1S/C15H29NO3.CH4.H2/c1-13(2)14(17)9-8-10-15(18)16-11-6-4-5-7-12-19-3;;/h13H,4-12H2,1-3H3,(H,16,18);1H4;1H/i;1T;1+2T. The Kier molecular flexibility index (Phi) is 12.4. The van der Waals surface area contributed by atoms with E-state index in [1.54, 1.807) is 7.11 Å². The number of unbranched alkanes of at least 4 members (excludes halogenated alkanes) is 3. The average Bonchev–Trinajstić information content (AvgIpc) is 2.57. The molecule has 0 atom stereocenters. The van der Waals surface area contributed by atoms with Gasteiger partial charge in [-0.05, 0) is 19.3 Å². The molecule has 0 aliphatic rings. The van der Waals surface area contributed by atoms with Gasteiger partial charge in [0, 0.05) is 43.4 Å². The lowest BCUT2D eigenvalue weighted by Gasteiger charge is -2.06. The molecule has 0 bridgehead atoms. The van der Waals surface area contributed by atoms with Crippen LogP contribution >= 0.6 is 0 Å². The molecule has 0 radical (unpaired) electrons. The van der Waals surface area contributed by atoms with Crippen molar-refractivity contribution in [3.05, 3.63) is 0 Å². The highest BCUT2D eigenvalue weighted by molar-refractivity contribution is 5.81. The quantitative estimate of drug-likeness (QED) is 0.560. The zero-order valence-electron chi connectivity index (χ0n) is 16.7. The smallest absolute Gasteiger partial charge is 0.220 e. The lowest BCUT2D eigenvalue weighted by atomic mass is 10.0. The normalized spacial score (nSPS) is 10.9. The van der Waals surface area contributed by atoms with Gasteiger partial charge >= 0.3 is 0 Å². The van der Waals surface area contributed by atoms with Gasteiger partial charge in [-0.25, -0.2) is 0 Å². The van der Waals surface area contributed by atoms with Gasteiger partial charge in [0.2, 0.25) is 5.91 Å². The van der Waals surface area contributed by atoms with E-state index in [0.717, 1.165) is 38.8 Å². The van der Waals surface area contributed by atoms with E-state index in [0.29, 0.717) is 19.3 Å². The van der Waals surface area contributed by atoms with Crippen molar-refractivity contribution in [2.75, 3.05) is 20.3 Å². The minimum atomic E-state index is 0.0634. The summed E-state index contributed by atoms with van der Waals surface area (Å²) < 4.78 is 20.7. The largest absolute Gasteiger partial charge is 0.385 e. The summed E-state index contributed by atoms with van der Waals surface area (Å²) in [5.41, 5.74) is 0. The number of ketones is 1. The average molecular weight is 295 g/mol. The minimum absolute atomic E-state index is 0.0634. The first-order chi connectivity index (χ1) is 11.1. The van der Waals surface area contributed by atoms with E-state index in [-0.39, 0.29) is 17.6 Å². The van der Waals surface area contributed by atoms with Crippen LogP contribution in [0.5, 0.6) is 0 Å². The molecular formula is C16H35NO3. The Morgan fingerprint density at radius 3 is 2.45 bits per heavy atom. The van der Waals surface area contributed by atoms with Crippen molar-refractivity contribution < 1.29 is 18.7 Å². The lowest BCUT2D eigenvalue weighted by molar-refractivity contribution is -0.122. The van der Waals surface area contributed by atoms with E-state index >= 15 is 0 Å². The van der Waals surface area contributed by atoms with Crippen LogP contribution in [0, 0.1) is 5.92 Å². The molecule has 0 saturated carbocycles. The summed E-state index contributed by atoms with van der Waals surface area (Å²) in [6, 6.07) is 0. The second kappa shape index (κ2) is 14.5. The van der Waals surface area contributed by atoms with E-state index in [2.05, 4.69) is 5.32 Å². The molecule has 0 spiro atoms. The summed E-state index contributed by atoms with van der Waals surface area (Å²) in [6.07, 6.45) is 6.01. The van der Waals surface area contributed by atoms with Gasteiger partial charge in [0.15, 0.2) is 0 Å². The Balaban J connectivity index is -0.000000919.